The van der Waals surface area contributed by atoms with Crippen molar-refractivity contribution < 1.29 is 22.4 Å². The molecule has 1 atom stereocenters. The number of anilines is 1. The zero-order valence-corrected chi connectivity index (χ0v) is 21.6. The molecule has 7 nitrogen and oxygen atoms in total. The van der Waals surface area contributed by atoms with Crippen LogP contribution in [-0.4, -0.2) is 50.5 Å². The van der Waals surface area contributed by atoms with Gasteiger partial charge in [0, 0.05) is 26.1 Å². The van der Waals surface area contributed by atoms with Gasteiger partial charge >= 0.3 is 0 Å². The highest BCUT2D eigenvalue weighted by molar-refractivity contribution is 7.92. The molecule has 0 aromatic heterocycles. The van der Waals surface area contributed by atoms with Crippen LogP contribution in [0.2, 0.25) is 10.0 Å². The monoisotopic (exact) mass is 531 g/mol. The first kappa shape index (κ1) is 27.9. The first-order valence-corrected chi connectivity index (χ1v) is 13.3. The van der Waals surface area contributed by atoms with Crippen LogP contribution in [0.25, 0.3) is 0 Å². The number of hydrogen-bond acceptors (Lipinski definition) is 4. The van der Waals surface area contributed by atoms with Gasteiger partial charge in [-0.2, -0.15) is 0 Å². The number of rotatable bonds is 11. The van der Waals surface area contributed by atoms with E-state index in [0.29, 0.717) is 22.2 Å². The van der Waals surface area contributed by atoms with Crippen molar-refractivity contribution in [2.45, 2.75) is 39.3 Å². The van der Waals surface area contributed by atoms with Crippen molar-refractivity contribution in [3.63, 3.8) is 0 Å². The Morgan fingerprint density at radius 2 is 1.79 bits per heavy atom. The van der Waals surface area contributed by atoms with Gasteiger partial charge in [-0.15, -0.1) is 0 Å². The summed E-state index contributed by atoms with van der Waals surface area (Å²) in [5.74, 6) is -1.35. The van der Waals surface area contributed by atoms with Crippen LogP contribution in [0.3, 0.4) is 0 Å². The largest absolute Gasteiger partial charge is 0.355 e. The third-order valence-corrected chi connectivity index (χ3v) is 7.05. The lowest BCUT2D eigenvalue weighted by Gasteiger charge is -2.29. The topological polar surface area (TPSA) is 86.8 Å². The van der Waals surface area contributed by atoms with Crippen molar-refractivity contribution in [2.75, 3.05) is 23.7 Å². The molecule has 2 aromatic carbocycles. The lowest BCUT2D eigenvalue weighted by atomic mass is 10.1. The Kier molecular flexibility index (Phi) is 10.1. The zero-order valence-electron chi connectivity index (χ0n) is 19.2. The molecule has 0 bridgehead atoms. The predicted octanol–water partition coefficient (Wildman–Crippen LogP) is 4.23. The number of halogens is 3. The number of para-hydroxylation sites is 1. The first-order valence-electron chi connectivity index (χ1n) is 10.7. The Balaban J connectivity index is 2.19. The Bertz CT molecular complexity index is 1130. The van der Waals surface area contributed by atoms with Gasteiger partial charge in [-0.1, -0.05) is 41.4 Å². The summed E-state index contributed by atoms with van der Waals surface area (Å²) in [7, 11) is -3.78. The van der Waals surface area contributed by atoms with E-state index in [0.717, 1.165) is 10.6 Å². The van der Waals surface area contributed by atoms with Gasteiger partial charge in [-0.05, 0) is 50.1 Å². The number of carbonyl (C=O) groups excluding carboxylic acids is 2. The van der Waals surface area contributed by atoms with E-state index in [-0.39, 0.29) is 43.4 Å². The molecule has 0 saturated carbocycles. The van der Waals surface area contributed by atoms with E-state index >= 15 is 0 Å². The number of nitrogens with one attached hydrogen (secondary N) is 1. The minimum Gasteiger partial charge on any atom is -0.355 e. The second kappa shape index (κ2) is 12.4. The molecule has 1 N–H and O–H groups in total. The molecule has 1 unspecified atom stereocenters. The number of hydrogen-bond donors (Lipinski definition) is 1. The summed E-state index contributed by atoms with van der Waals surface area (Å²) in [5.41, 5.74) is 0.601. The molecule has 0 aliphatic carbocycles. The molecule has 186 valence electrons. The fraction of sp³-hybridized carbons (Fsp3) is 0.391. The molecule has 0 aliphatic rings. The van der Waals surface area contributed by atoms with E-state index in [4.69, 9.17) is 23.2 Å². The van der Waals surface area contributed by atoms with Crippen LogP contribution >= 0.6 is 23.2 Å². The number of benzene rings is 2. The highest BCUT2D eigenvalue weighted by atomic mass is 35.5. The molecular formula is C23H28Cl2FN3O4S. The van der Waals surface area contributed by atoms with Crippen LogP contribution in [-0.2, 0) is 26.2 Å². The van der Waals surface area contributed by atoms with Gasteiger partial charge in [0.05, 0.1) is 22.0 Å². The molecule has 34 heavy (non-hydrogen) atoms. The van der Waals surface area contributed by atoms with Crippen LogP contribution < -0.4 is 9.62 Å². The molecule has 2 amide bonds. The standard InChI is InChI=1S/C23H28Cl2FN3O4S/c1-4-27-23(31)16(2)28(15-17-11-12-18(24)19(25)14-17)22(30)10-7-13-29(34(3,32)33)21-9-6-5-8-20(21)26/h5-6,8-9,11-12,14,16H,4,7,10,13,15H2,1-3H3,(H,27,31). The van der Waals surface area contributed by atoms with E-state index in [9.17, 15) is 22.4 Å². The van der Waals surface area contributed by atoms with Crippen molar-refractivity contribution in [3.8, 4) is 0 Å². The minimum absolute atomic E-state index is 0.0501. The molecule has 2 aromatic rings. The van der Waals surface area contributed by atoms with E-state index < -0.39 is 21.9 Å². The summed E-state index contributed by atoms with van der Waals surface area (Å²) in [5, 5.41) is 3.39. The smallest absolute Gasteiger partial charge is 0.242 e. The predicted molar refractivity (Wildman–Crippen MR) is 133 cm³/mol. The van der Waals surface area contributed by atoms with Crippen molar-refractivity contribution in [2.24, 2.45) is 0 Å². The van der Waals surface area contributed by atoms with Crippen LogP contribution in [0.5, 0.6) is 0 Å². The summed E-state index contributed by atoms with van der Waals surface area (Å²) in [6, 6.07) is 9.70. The molecule has 11 heteroatoms. The quantitative estimate of drug-likeness (QED) is 0.469. The van der Waals surface area contributed by atoms with Gasteiger partial charge in [0.1, 0.15) is 11.9 Å². The van der Waals surface area contributed by atoms with Crippen LogP contribution in [0, 0.1) is 5.82 Å². The molecule has 0 fully saturated rings. The summed E-state index contributed by atoms with van der Waals surface area (Å²) < 4.78 is 39.6. The second-order valence-corrected chi connectivity index (χ2v) is 10.5. The van der Waals surface area contributed by atoms with Crippen LogP contribution in [0.4, 0.5) is 10.1 Å². The normalized spacial score (nSPS) is 12.2. The first-order chi connectivity index (χ1) is 16.0. The summed E-state index contributed by atoms with van der Waals surface area (Å²) in [4.78, 5) is 27.0. The van der Waals surface area contributed by atoms with Gasteiger partial charge in [0.15, 0.2) is 0 Å². The van der Waals surface area contributed by atoms with Gasteiger partial charge in [0.2, 0.25) is 21.8 Å². The third-order valence-electron chi connectivity index (χ3n) is 5.13. The minimum atomic E-state index is -3.78. The maximum Gasteiger partial charge on any atom is 0.242 e. The maximum absolute atomic E-state index is 14.2. The number of nitrogens with zero attached hydrogens (tertiary/aromatic N) is 2. The second-order valence-electron chi connectivity index (χ2n) is 7.73. The van der Waals surface area contributed by atoms with Crippen molar-refractivity contribution >= 4 is 50.7 Å². The molecule has 0 radical (unpaired) electrons. The van der Waals surface area contributed by atoms with Crippen molar-refractivity contribution in [1.29, 1.82) is 0 Å². The summed E-state index contributed by atoms with van der Waals surface area (Å²) >= 11 is 12.1. The fourth-order valence-electron chi connectivity index (χ4n) is 3.38. The molecule has 0 heterocycles. The lowest BCUT2D eigenvalue weighted by molar-refractivity contribution is -0.140. The third kappa shape index (κ3) is 7.58. The van der Waals surface area contributed by atoms with E-state index in [1.807, 2.05) is 0 Å². The SMILES string of the molecule is CCNC(=O)C(C)N(Cc1ccc(Cl)c(Cl)c1)C(=O)CCCN(c1ccccc1F)S(C)(=O)=O. The molecule has 0 saturated heterocycles. The van der Waals surface area contributed by atoms with Gasteiger partial charge < -0.3 is 10.2 Å². The number of likely N-dealkylation sites (N-methyl/N-ethyl adjacent to an activating group) is 1. The highest BCUT2D eigenvalue weighted by Crippen LogP contribution is 2.25. The van der Waals surface area contributed by atoms with E-state index in [2.05, 4.69) is 5.32 Å². The Hall–Kier alpha value is -2.36. The summed E-state index contributed by atoms with van der Waals surface area (Å²) in [6.07, 6.45) is 1.06. The number of sulfonamides is 1. The van der Waals surface area contributed by atoms with E-state index in [1.165, 1.54) is 29.2 Å². The Morgan fingerprint density at radius 1 is 1.12 bits per heavy atom. The average Bonchev–Trinajstić information content (AvgIpc) is 2.77. The summed E-state index contributed by atoms with van der Waals surface area (Å²) in [6.45, 7) is 3.81. The number of amides is 2. The molecular weight excluding hydrogens is 504 g/mol. The fourth-order valence-corrected chi connectivity index (χ4v) is 4.66. The molecule has 2 rings (SSSR count). The molecule has 0 spiro atoms. The average molecular weight is 532 g/mol. The molecule has 0 aliphatic heterocycles. The van der Waals surface area contributed by atoms with Crippen LogP contribution in [0.1, 0.15) is 32.3 Å². The van der Waals surface area contributed by atoms with Crippen LogP contribution in [0.15, 0.2) is 42.5 Å². The van der Waals surface area contributed by atoms with Gasteiger partial charge in [0.25, 0.3) is 0 Å². The Morgan fingerprint density at radius 3 is 2.38 bits per heavy atom. The number of carbonyl (C=O) groups is 2. The van der Waals surface area contributed by atoms with Crippen molar-refractivity contribution in [3.05, 3.63) is 63.9 Å². The van der Waals surface area contributed by atoms with Gasteiger partial charge in [-0.3, -0.25) is 13.9 Å². The Labute approximate surface area is 209 Å². The van der Waals surface area contributed by atoms with Crippen molar-refractivity contribution in [1.82, 2.24) is 10.2 Å². The van der Waals surface area contributed by atoms with Gasteiger partial charge in [-0.25, -0.2) is 12.8 Å². The lowest BCUT2D eigenvalue weighted by Crippen LogP contribution is -2.47. The maximum atomic E-state index is 14.2. The zero-order chi connectivity index (χ0) is 25.5. The highest BCUT2D eigenvalue weighted by Gasteiger charge is 2.27. The van der Waals surface area contributed by atoms with E-state index in [1.54, 1.807) is 32.0 Å².